The van der Waals surface area contributed by atoms with Crippen LogP contribution >= 0.6 is 0 Å². The van der Waals surface area contributed by atoms with Crippen molar-refractivity contribution >= 4 is 11.5 Å². The number of halogens is 3. The van der Waals surface area contributed by atoms with Crippen LogP contribution in [0.3, 0.4) is 0 Å². The van der Waals surface area contributed by atoms with Gasteiger partial charge in [-0.15, -0.1) is 25.5 Å². The second-order valence-corrected chi connectivity index (χ2v) is 5.93. The van der Waals surface area contributed by atoms with Gasteiger partial charge in [-0.2, -0.15) is 17.7 Å². The second kappa shape index (κ2) is 5.67. The molecule has 4 heterocycles. The summed E-state index contributed by atoms with van der Waals surface area (Å²) in [6.45, 7) is 2.95. The zero-order chi connectivity index (χ0) is 17.6. The maximum Gasteiger partial charge on any atom is 0.453 e. The molecule has 0 bridgehead atoms. The summed E-state index contributed by atoms with van der Waals surface area (Å²) >= 11 is 0. The average Bonchev–Trinajstić information content (AvgIpc) is 3.20. The molecule has 1 aliphatic rings. The molecule has 4 rings (SSSR count). The summed E-state index contributed by atoms with van der Waals surface area (Å²) in [5.41, 5.74) is 0.0529. The van der Waals surface area contributed by atoms with E-state index in [4.69, 9.17) is 4.42 Å². The minimum Gasteiger partial charge on any atom is -0.425 e. The number of fused-ring (bicyclic) bond motifs is 1. The summed E-state index contributed by atoms with van der Waals surface area (Å²) in [5, 5.41) is 18.7. The van der Waals surface area contributed by atoms with Crippen molar-refractivity contribution in [2.24, 2.45) is 0 Å². The molecule has 132 valence electrons. The molecule has 3 aromatic heterocycles. The fraction of sp³-hybridized carbons (Fsp3) is 0.500. The Bertz CT molecular complexity index is 903. The van der Waals surface area contributed by atoms with Crippen molar-refractivity contribution in [3.8, 4) is 0 Å². The van der Waals surface area contributed by atoms with Gasteiger partial charge in [0.15, 0.2) is 5.65 Å². The average molecular weight is 353 g/mol. The van der Waals surface area contributed by atoms with Crippen LogP contribution in [0.5, 0.6) is 0 Å². The lowest BCUT2D eigenvalue weighted by Gasteiger charge is -2.31. The molecule has 0 radical (unpaired) electrons. The van der Waals surface area contributed by atoms with Gasteiger partial charge >= 0.3 is 6.18 Å². The first-order valence-corrected chi connectivity index (χ1v) is 7.76. The summed E-state index contributed by atoms with van der Waals surface area (Å²) in [6.07, 6.45) is -2.89. The Labute approximate surface area is 139 Å². The van der Waals surface area contributed by atoms with Gasteiger partial charge in [0.1, 0.15) is 5.82 Å². The van der Waals surface area contributed by atoms with E-state index in [-0.39, 0.29) is 11.6 Å². The maximum absolute atomic E-state index is 13.0. The van der Waals surface area contributed by atoms with Crippen LogP contribution in [0.4, 0.5) is 19.0 Å². The quantitative estimate of drug-likeness (QED) is 0.698. The van der Waals surface area contributed by atoms with E-state index < -0.39 is 12.0 Å². The normalized spacial score (nSPS) is 18.9. The zero-order valence-electron chi connectivity index (χ0n) is 13.2. The number of piperidine rings is 1. The van der Waals surface area contributed by atoms with Gasteiger partial charge in [0.05, 0.1) is 5.92 Å². The highest BCUT2D eigenvalue weighted by atomic mass is 19.4. The van der Waals surface area contributed by atoms with Gasteiger partial charge < -0.3 is 9.32 Å². The Kier molecular flexibility index (Phi) is 3.58. The van der Waals surface area contributed by atoms with Crippen LogP contribution < -0.4 is 4.90 Å². The molecule has 8 nitrogen and oxygen atoms in total. The van der Waals surface area contributed by atoms with Gasteiger partial charge in [-0.25, -0.2) is 0 Å². The van der Waals surface area contributed by atoms with Gasteiger partial charge in [0, 0.05) is 20.0 Å². The number of aryl methyl sites for hydroxylation is 1. The van der Waals surface area contributed by atoms with Crippen molar-refractivity contribution in [3.05, 3.63) is 29.7 Å². The number of hydrogen-bond donors (Lipinski definition) is 0. The van der Waals surface area contributed by atoms with Crippen LogP contribution in [0.1, 0.15) is 36.4 Å². The molecule has 0 saturated carbocycles. The van der Waals surface area contributed by atoms with Crippen LogP contribution in [-0.4, -0.2) is 43.1 Å². The number of aromatic nitrogens is 6. The number of hydrogen-bond acceptors (Lipinski definition) is 7. The molecule has 0 spiro atoms. The summed E-state index contributed by atoms with van der Waals surface area (Å²) < 4.78 is 45.2. The molecule has 25 heavy (non-hydrogen) atoms. The molecule has 0 amide bonds. The van der Waals surface area contributed by atoms with Crippen molar-refractivity contribution in [2.45, 2.75) is 31.9 Å². The summed E-state index contributed by atoms with van der Waals surface area (Å²) in [7, 11) is 0. The van der Waals surface area contributed by atoms with E-state index in [1.165, 1.54) is 6.07 Å². The molecule has 0 aromatic carbocycles. The third-order valence-electron chi connectivity index (χ3n) is 4.14. The van der Waals surface area contributed by atoms with E-state index in [1.54, 1.807) is 13.0 Å². The summed E-state index contributed by atoms with van der Waals surface area (Å²) in [4.78, 5) is 1.91. The Balaban J connectivity index is 1.64. The van der Waals surface area contributed by atoms with Crippen molar-refractivity contribution < 1.29 is 17.6 Å². The van der Waals surface area contributed by atoms with E-state index in [2.05, 4.69) is 25.5 Å². The van der Waals surface area contributed by atoms with Gasteiger partial charge in [-0.1, -0.05) is 0 Å². The van der Waals surface area contributed by atoms with Crippen molar-refractivity contribution in [1.82, 2.24) is 30.0 Å². The molecule has 0 N–H and O–H groups in total. The van der Waals surface area contributed by atoms with E-state index in [0.717, 1.165) is 17.4 Å². The molecule has 1 fully saturated rings. The predicted molar refractivity (Wildman–Crippen MR) is 79.0 cm³/mol. The maximum atomic E-state index is 13.0. The molecule has 1 atom stereocenters. The molecular formula is C14H14F3N7O. The Morgan fingerprint density at radius 1 is 1.16 bits per heavy atom. The third-order valence-corrected chi connectivity index (χ3v) is 4.14. The van der Waals surface area contributed by atoms with Crippen LogP contribution in [-0.2, 0) is 6.18 Å². The zero-order valence-corrected chi connectivity index (χ0v) is 13.2. The molecular weight excluding hydrogens is 339 g/mol. The number of alkyl halides is 3. The minimum absolute atomic E-state index is 0.0236. The first-order valence-electron chi connectivity index (χ1n) is 7.76. The molecule has 1 saturated heterocycles. The van der Waals surface area contributed by atoms with Crippen LogP contribution in [0, 0.1) is 6.92 Å². The lowest BCUT2D eigenvalue weighted by molar-refractivity contribution is -0.146. The lowest BCUT2D eigenvalue weighted by atomic mass is 9.98. The van der Waals surface area contributed by atoms with Gasteiger partial charge in [0.25, 0.3) is 5.82 Å². The largest absolute Gasteiger partial charge is 0.453 e. The Morgan fingerprint density at radius 3 is 2.72 bits per heavy atom. The van der Waals surface area contributed by atoms with E-state index in [9.17, 15) is 13.2 Å². The Hall–Kier alpha value is -2.72. The Morgan fingerprint density at radius 2 is 2.00 bits per heavy atom. The summed E-state index contributed by atoms with van der Waals surface area (Å²) in [6, 6.07) is 3.12. The number of anilines is 1. The van der Waals surface area contributed by atoms with Crippen LogP contribution in [0.25, 0.3) is 5.65 Å². The standard InChI is InChI=1S/C14H14F3N7O/c1-8-18-20-12(25-8)9-3-2-6-23(7-9)11-5-4-10-19-21-13(14(15,16)17)24(10)22-11/h4-5,9H,2-3,6-7H2,1H3. The monoisotopic (exact) mass is 353 g/mol. The number of rotatable bonds is 2. The number of nitrogens with zero attached hydrogens (tertiary/aromatic N) is 7. The molecule has 1 aliphatic heterocycles. The summed E-state index contributed by atoms with van der Waals surface area (Å²) in [5.74, 6) is 0.356. The molecule has 11 heteroatoms. The molecule has 0 aliphatic carbocycles. The SMILES string of the molecule is Cc1nnc(C2CCCN(c3ccc4nnc(C(F)(F)F)n4n3)C2)o1. The topological polar surface area (TPSA) is 85.2 Å². The highest BCUT2D eigenvalue weighted by molar-refractivity contribution is 5.46. The van der Waals surface area contributed by atoms with Gasteiger partial charge in [-0.3, -0.25) is 0 Å². The molecule has 1 unspecified atom stereocenters. The first-order chi connectivity index (χ1) is 11.9. The van der Waals surface area contributed by atoms with Gasteiger partial charge in [0.2, 0.25) is 11.8 Å². The fourth-order valence-electron chi connectivity index (χ4n) is 2.99. The highest BCUT2D eigenvalue weighted by Crippen LogP contribution is 2.30. The van der Waals surface area contributed by atoms with Crippen molar-refractivity contribution in [3.63, 3.8) is 0 Å². The van der Waals surface area contributed by atoms with Crippen LogP contribution in [0.15, 0.2) is 16.5 Å². The second-order valence-electron chi connectivity index (χ2n) is 5.93. The molecule has 3 aromatic rings. The van der Waals surface area contributed by atoms with Crippen molar-refractivity contribution in [1.29, 1.82) is 0 Å². The van der Waals surface area contributed by atoms with Gasteiger partial charge in [-0.05, 0) is 25.0 Å². The predicted octanol–water partition coefficient (Wildman–Crippen LogP) is 2.22. The van der Waals surface area contributed by atoms with Crippen molar-refractivity contribution in [2.75, 3.05) is 18.0 Å². The fourth-order valence-corrected chi connectivity index (χ4v) is 2.99. The smallest absolute Gasteiger partial charge is 0.425 e. The first kappa shape index (κ1) is 15.8. The highest BCUT2D eigenvalue weighted by Gasteiger charge is 2.38. The van der Waals surface area contributed by atoms with E-state index in [0.29, 0.717) is 30.7 Å². The van der Waals surface area contributed by atoms with Crippen LogP contribution in [0.2, 0.25) is 0 Å². The lowest BCUT2D eigenvalue weighted by Crippen LogP contribution is -2.35. The van der Waals surface area contributed by atoms with E-state index in [1.807, 2.05) is 4.90 Å². The third kappa shape index (κ3) is 2.89. The van der Waals surface area contributed by atoms with E-state index >= 15 is 0 Å². The minimum atomic E-state index is -4.61.